The molecule has 1 rings (SSSR count). The smallest absolute Gasteiger partial charge is 0.0881 e. The highest BCUT2D eigenvalue weighted by Crippen LogP contribution is 2.26. The summed E-state index contributed by atoms with van der Waals surface area (Å²) in [5.74, 6) is 0. The molecule has 0 aliphatic carbocycles. The second-order valence-electron chi connectivity index (χ2n) is 5.72. The SMILES string of the molecule is COC(C(O)Cc1ccccc1C)C(C)(C)C. The van der Waals surface area contributed by atoms with Gasteiger partial charge in [-0.1, -0.05) is 45.0 Å². The van der Waals surface area contributed by atoms with Crippen LogP contribution < -0.4 is 0 Å². The number of hydrogen-bond acceptors (Lipinski definition) is 2. The Morgan fingerprint density at radius 2 is 1.82 bits per heavy atom. The molecule has 0 bridgehead atoms. The lowest BCUT2D eigenvalue weighted by Gasteiger charge is -2.33. The Balaban J connectivity index is 2.78. The predicted molar refractivity (Wildman–Crippen MR) is 71.1 cm³/mol. The van der Waals surface area contributed by atoms with E-state index in [1.165, 1.54) is 11.1 Å². The first-order chi connectivity index (χ1) is 7.86. The molecular formula is C15H24O2. The van der Waals surface area contributed by atoms with Gasteiger partial charge in [0.05, 0.1) is 12.2 Å². The van der Waals surface area contributed by atoms with Crippen molar-refractivity contribution in [1.82, 2.24) is 0 Å². The van der Waals surface area contributed by atoms with Crippen LogP contribution in [0.25, 0.3) is 0 Å². The lowest BCUT2D eigenvalue weighted by atomic mass is 9.83. The zero-order valence-electron chi connectivity index (χ0n) is 11.5. The zero-order valence-corrected chi connectivity index (χ0v) is 11.5. The zero-order chi connectivity index (χ0) is 13.1. The van der Waals surface area contributed by atoms with E-state index in [2.05, 4.69) is 39.8 Å². The van der Waals surface area contributed by atoms with Gasteiger partial charge in [-0.3, -0.25) is 0 Å². The van der Waals surface area contributed by atoms with Gasteiger partial charge in [-0.15, -0.1) is 0 Å². The van der Waals surface area contributed by atoms with Gasteiger partial charge in [0.25, 0.3) is 0 Å². The largest absolute Gasteiger partial charge is 0.390 e. The molecule has 2 unspecified atom stereocenters. The minimum absolute atomic E-state index is 0.0587. The highest BCUT2D eigenvalue weighted by molar-refractivity contribution is 5.26. The Bertz CT molecular complexity index is 352. The van der Waals surface area contributed by atoms with Crippen LogP contribution in [0.5, 0.6) is 0 Å². The van der Waals surface area contributed by atoms with E-state index < -0.39 is 6.10 Å². The van der Waals surface area contributed by atoms with Crippen molar-refractivity contribution in [2.45, 2.75) is 46.3 Å². The molecule has 0 saturated heterocycles. The second kappa shape index (κ2) is 5.65. The van der Waals surface area contributed by atoms with Gasteiger partial charge in [0, 0.05) is 13.5 Å². The molecule has 0 spiro atoms. The van der Waals surface area contributed by atoms with Crippen molar-refractivity contribution in [3.8, 4) is 0 Å². The number of rotatable bonds is 4. The van der Waals surface area contributed by atoms with Gasteiger partial charge in [-0.2, -0.15) is 0 Å². The molecule has 2 atom stereocenters. The van der Waals surface area contributed by atoms with E-state index in [1.54, 1.807) is 7.11 Å². The van der Waals surface area contributed by atoms with Crippen LogP contribution in [0.15, 0.2) is 24.3 Å². The Morgan fingerprint density at radius 1 is 1.24 bits per heavy atom. The van der Waals surface area contributed by atoms with E-state index in [0.29, 0.717) is 6.42 Å². The maximum absolute atomic E-state index is 10.3. The fourth-order valence-corrected chi connectivity index (χ4v) is 2.26. The van der Waals surface area contributed by atoms with Crippen LogP contribution in [-0.2, 0) is 11.2 Å². The highest BCUT2D eigenvalue weighted by Gasteiger charge is 2.31. The van der Waals surface area contributed by atoms with Crippen LogP contribution in [0.2, 0.25) is 0 Å². The van der Waals surface area contributed by atoms with Crippen molar-refractivity contribution in [2.24, 2.45) is 5.41 Å². The number of aryl methyl sites for hydroxylation is 1. The van der Waals surface area contributed by atoms with Gasteiger partial charge in [-0.05, 0) is 23.5 Å². The van der Waals surface area contributed by atoms with Crippen molar-refractivity contribution in [1.29, 1.82) is 0 Å². The van der Waals surface area contributed by atoms with E-state index in [9.17, 15) is 5.11 Å². The molecule has 1 aromatic carbocycles. The van der Waals surface area contributed by atoms with Gasteiger partial charge in [-0.25, -0.2) is 0 Å². The number of aliphatic hydroxyl groups is 1. The first-order valence-electron chi connectivity index (χ1n) is 6.11. The second-order valence-corrected chi connectivity index (χ2v) is 5.72. The van der Waals surface area contributed by atoms with Crippen LogP contribution in [-0.4, -0.2) is 24.4 Å². The summed E-state index contributed by atoms with van der Waals surface area (Å²) in [6.07, 6.45) is 0.0193. The van der Waals surface area contributed by atoms with Gasteiger partial charge in [0.15, 0.2) is 0 Å². The van der Waals surface area contributed by atoms with E-state index >= 15 is 0 Å². The molecular weight excluding hydrogens is 212 g/mol. The first-order valence-corrected chi connectivity index (χ1v) is 6.11. The summed E-state index contributed by atoms with van der Waals surface area (Å²) in [5.41, 5.74) is 2.35. The van der Waals surface area contributed by atoms with Crippen molar-refractivity contribution >= 4 is 0 Å². The minimum atomic E-state index is -0.471. The first kappa shape index (κ1) is 14.2. The third kappa shape index (κ3) is 3.83. The predicted octanol–water partition coefficient (Wildman–Crippen LogP) is 2.96. The molecule has 1 aromatic rings. The van der Waals surface area contributed by atoms with Crippen molar-refractivity contribution < 1.29 is 9.84 Å². The van der Waals surface area contributed by atoms with Gasteiger partial charge < -0.3 is 9.84 Å². The topological polar surface area (TPSA) is 29.5 Å². The Labute approximate surface area is 105 Å². The number of hydrogen-bond donors (Lipinski definition) is 1. The van der Waals surface area contributed by atoms with Crippen LogP contribution in [0.3, 0.4) is 0 Å². The average molecular weight is 236 g/mol. The Hall–Kier alpha value is -0.860. The molecule has 0 aromatic heterocycles. The van der Waals surface area contributed by atoms with Crippen LogP contribution in [0, 0.1) is 12.3 Å². The van der Waals surface area contributed by atoms with Gasteiger partial charge in [0.2, 0.25) is 0 Å². The molecule has 0 aliphatic heterocycles. The van der Waals surface area contributed by atoms with Crippen LogP contribution in [0.1, 0.15) is 31.9 Å². The molecule has 1 N–H and O–H groups in total. The van der Waals surface area contributed by atoms with E-state index in [1.807, 2.05) is 12.1 Å². The highest BCUT2D eigenvalue weighted by atomic mass is 16.5. The molecule has 2 nitrogen and oxygen atoms in total. The molecule has 0 radical (unpaired) electrons. The third-order valence-electron chi connectivity index (χ3n) is 3.15. The number of aliphatic hydroxyl groups excluding tert-OH is 1. The summed E-state index contributed by atoms with van der Waals surface area (Å²) in [6.45, 7) is 8.33. The quantitative estimate of drug-likeness (QED) is 0.871. The molecule has 96 valence electrons. The number of methoxy groups -OCH3 is 1. The molecule has 0 heterocycles. The van der Waals surface area contributed by atoms with E-state index in [4.69, 9.17) is 4.74 Å². The number of benzene rings is 1. The summed E-state index contributed by atoms with van der Waals surface area (Å²) in [7, 11) is 1.66. The Kier molecular flexibility index (Phi) is 4.72. The molecule has 0 fully saturated rings. The molecule has 17 heavy (non-hydrogen) atoms. The van der Waals surface area contributed by atoms with Crippen LogP contribution in [0.4, 0.5) is 0 Å². The summed E-state index contributed by atoms with van der Waals surface area (Å²) < 4.78 is 5.44. The summed E-state index contributed by atoms with van der Waals surface area (Å²) in [6, 6.07) is 8.16. The monoisotopic (exact) mass is 236 g/mol. The maximum Gasteiger partial charge on any atom is 0.0881 e. The average Bonchev–Trinajstić information content (AvgIpc) is 2.20. The summed E-state index contributed by atoms with van der Waals surface area (Å²) in [5, 5.41) is 10.3. The fourth-order valence-electron chi connectivity index (χ4n) is 2.26. The normalized spacial score (nSPS) is 15.6. The Morgan fingerprint density at radius 3 is 2.29 bits per heavy atom. The van der Waals surface area contributed by atoms with E-state index in [-0.39, 0.29) is 11.5 Å². The van der Waals surface area contributed by atoms with Crippen molar-refractivity contribution in [2.75, 3.05) is 7.11 Å². The standard InChI is InChI=1S/C15H24O2/c1-11-8-6-7-9-12(11)10-13(16)14(17-5)15(2,3)4/h6-9,13-14,16H,10H2,1-5H3. The fraction of sp³-hybridized carbons (Fsp3) is 0.600. The van der Waals surface area contributed by atoms with E-state index in [0.717, 1.165) is 0 Å². The van der Waals surface area contributed by atoms with Crippen LogP contribution >= 0.6 is 0 Å². The lowest BCUT2D eigenvalue weighted by Crippen LogP contribution is -2.40. The molecule has 0 saturated carbocycles. The number of ether oxygens (including phenoxy) is 1. The molecule has 0 amide bonds. The summed E-state index contributed by atoms with van der Waals surface area (Å²) in [4.78, 5) is 0. The lowest BCUT2D eigenvalue weighted by molar-refractivity contribution is -0.0699. The maximum atomic E-state index is 10.3. The minimum Gasteiger partial charge on any atom is -0.390 e. The third-order valence-corrected chi connectivity index (χ3v) is 3.15. The summed E-state index contributed by atoms with van der Waals surface area (Å²) >= 11 is 0. The molecule has 0 aliphatic rings. The van der Waals surface area contributed by atoms with Crippen molar-refractivity contribution in [3.05, 3.63) is 35.4 Å². The molecule has 2 heteroatoms. The van der Waals surface area contributed by atoms with Gasteiger partial charge >= 0.3 is 0 Å². The van der Waals surface area contributed by atoms with Crippen molar-refractivity contribution in [3.63, 3.8) is 0 Å². The van der Waals surface area contributed by atoms with Gasteiger partial charge in [0.1, 0.15) is 0 Å².